The maximum absolute atomic E-state index is 6.32. The zero-order valence-electron chi connectivity index (χ0n) is 11.1. The number of halogens is 2. The molecule has 0 spiro atoms. The second kappa shape index (κ2) is 6.45. The third-order valence-electron chi connectivity index (χ3n) is 3.75. The van der Waals surface area contributed by atoms with Crippen LogP contribution in [0, 0.1) is 0 Å². The van der Waals surface area contributed by atoms with Crippen LogP contribution in [-0.4, -0.2) is 5.88 Å². The number of hydrogen-bond acceptors (Lipinski definition) is 0. The van der Waals surface area contributed by atoms with Gasteiger partial charge in [-0.3, -0.25) is 0 Å². The zero-order valence-corrected chi connectivity index (χ0v) is 12.6. The molecule has 0 saturated heterocycles. The fourth-order valence-electron chi connectivity index (χ4n) is 2.48. The van der Waals surface area contributed by atoms with E-state index in [0.29, 0.717) is 5.88 Å². The van der Waals surface area contributed by atoms with Crippen LogP contribution in [0.3, 0.4) is 0 Å². The highest BCUT2D eigenvalue weighted by Gasteiger charge is 2.29. The van der Waals surface area contributed by atoms with Crippen LogP contribution >= 0.6 is 23.2 Å². The lowest BCUT2D eigenvalue weighted by molar-refractivity contribution is 0.458. The highest BCUT2D eigenvalue weighted by Crippen LogP contribution is 2.33. The first-order valence-corrected chi connectivity index (χ1v) is 7.47. The molecule has 0 aromatic heterocycles. The standard InChI is InChI=1S/C17H18Cl2/c1-2-17(13-18,15-8-4-3-5-9-15)12-14-7-6-10-16(19)11-14/h3-11H,2,12-13H2,1H3. The average molecular weight is 293 g/mol. The first-order valence-electron chi connectivity index (χ1n) is 6.56. The Balaban J connectivity index is 2.35. The summed E-state index contributed by atoms with van der Waals surface area (Å²) in [6, 6.07) is 18.6. The lowest BCUT2D eigenvalue weighted by Gasteiger charge is -2.31. The molecule has 0 aliphatic carbocycles. The molecule has 0 aliphatic heterocycles. The minimum atomic E-state index is -0.0203. The van der Waals surface area contributed by atoms with Crippen LogP contribution in [0.1, 0.15) is 24.5 Å². The zero-order chi connectivity index (χ0) is 13.7. The van der Waals surface area contributed by atoms with Crippen molar-refractivity contribution < 1.29 is 0 Å². The van der Waals surface area contributed by atoms with Crippen molar-refractivity contribution in [1.29, 1.82) is 0 Å². The van der Waals surface area contributed by atoms with E-state index in [1.54, 1.807) is 0 Å². The Kier molecular flexibility index (Phi) is 4.90. The summed E-state index contributed by atoms with van der Waals surface area (Å²) in [5, 5.41) is 0.783. The Morgan fingerprint density at radius 3 is 2.32 bits per heavy atom. The third kappa shape index (κ3) is 3.32. The molecule has 0 amide bonds. The van der Waals surface area contributed by atoms with Crippen LogP contribution in [-0.2, 0) is 11.8 Å². The van der Waals surface area contributed by atoms with E-state index in [9.17, 15) is 0 Å². The summed E-state index contributed by atoms with van der Waals surface area (Å²) in [5.74, 6) is 0.611. The topological polar surface area (TPSA) is 0 Å². The van der Waals surface area contributed by atoms with Gasteiger partial charge in [-0.25, -0.2) is 0 Å². The first-order chi connectivity index (χ1) is 9.20. The van der Waals surface area contributed by atoms with Crippen molar-refractivity contribution >= 4 is 23.2 Å². The first kappa shape index (κ1) is 14.4. The van der Waals surface area contributed by atoms with Crippen molar-refractivity contribution in [1.82, 2.24) is 0 Å². The van der Waals surface area contributed by atoms with E-state index in [1.807, 2.05) is 24.3 Å². The number of alkyl halides is 1. The molecular formula is C17H18Cl2. The van der Waals surface area contributed by atoms with Crippen molar-refractivity contribution in [2.24, 2.45) is 0 Å². The van der Waals surface area contributed by atoms with Gasteiger partial charge in [-0.15, -0.1) is 11.6 Å². The highest BCUT2D eigenvalue weighted by atomic mass is 35.5. The maximum atomic E-state index is 6.32. The Hall–Kier alpha value is -0.980. The van der Waals surface area contributed by atoms with Crippen molar-refractivity contribution in [2.75, 3.05) is 5.88 Å². The normalized spacial score (nSPS) is 14.1. The van der Waals surface area contributed by atoms with E-state index in [0.717, 1.165) is 17.9 Å². The van der Waals surface area contributed by atoms with Gasteiger partial charge >= 0.3 is 0 Å². The fourth-order valence-corrected chi connectivity index (χ4v) is 3.13. The number of hydrogen-bond donors (Lipinski definition) is 0. The minimum absolute atomic E-state index is 0.0203. The van der Waals surface area contributed by atoms with Gasteiger partial charge in [0, 0.05) is 16.3 Å². The average Bonchev–Trinajstić information content (AvgIpc) is 2.46. The summed E-state index contributed by atoms with van der Waals surface area (Å²) in [4.78, 5) is 0. The van der Waals surface area contributed by atoms with E-state index < -0.39 is 0 Å². The molecule has 0 saturated carbocycles. The van der Waals surface area contributed by atoms with Gasteiger partial charge in [-0.05, 0) is 36.1 Å². The summed E-state index contributed by atoms with van der Waals surface area (Å²) < 4.78 is 0. The molecule has 0 fully saturated rings. The molecule has 2 rings (SSSR count). The monoisotopic (exact) mass is 292 g/mol. The third-order valence-corrected chi connectivity index (χ3v) is 4.50. The van der Waals surface area contributed by atoms with E-state index in [2.05, 4.69) is 37.3 Å². The predicted molar refractivity (Wildman–Crippen MR) is 84.3 cm³/mol. The fraction of sp³-hybridized carbons (Fsp3) is 0.294. The van der Waals surface area contributed by atoms with Gasteiger partial charge in [-0.1, -0.05) is 61.0 Å². The molecule has 0 heterocycles. The summed E-state index contributed by atoms with van der Waals surface area (Å²) in [6.07, 6.45) is 1.92. The van der Waals surface area contributed by atoms with Crippen molar-refractivity contribution in [3.8, 4) is 0 Å². The Bertz CT molecular complexity index is 516. The van der Waals surface area contributed by atoms with Crippen LogP contribution in [0.15, 0.2) is 54.6 Å². The van der Waals surface area contributed by atoms with Crippen molar-refractivity contribution in [2.45, 2.75) is 25.2 Å². The summed E-state index contributed by atoms with van der Waals surface area (Å²) in [5.41, 5.74) is 2.51. The predicted octanol–water partition coefficient (Wildman–Crippen LogP) is 5.47. The van der Waals surface area contributed by atoms with E-state index in [4.69, 9.17) is 23.2 Å². The minimum Gasteiger partial charge on any atom is -0.126 e. The molecular weight excluding hydrogens is 275 g/mol. The quantitative estimate of drug-likeness (QED) is 0.641. The maximum Gasteiger partial charge on any atom is 0.0408 e. The Morgan fingerprint density at radius 1 is 1.00 bits per heavy atom. The van der Waals surface area contributed by atoms with Crippen LogP contribution in [0.4, 0.5) is 0 Å². The molecule has 19 heavy (non-hydrogen) atoms. The molecule has 0 nitrogen and oxygen atoms in total. The molecule has 1 atom stereocenters. The highest BCUT2D eigenvalue weighted by molar-refractivity contribution is 6.30. The SMILES string of the molecule is CCC(CCl)(Cc1cccc(Cl)c1)c1ccccc1. The van der Waals surface area contributed by atoms with Crippen LogP contribution in [0.25, 0.3) is 0 Å². The largest absolute Gasteiger partial charge is 0.126 e. The van der Waals surface area contributed by atoms with Crippen LogP contribution in [0.5, 0.6) is 0 Å². The van der Waals surface area contributed by atoms with Gasteiger partial charge < -0.3 is 0 Å². The molecule has 0 N–H and O–H groups in total. The second-order valence-electron chi connectivity index (χ2n) is 4.94. The molecule has 2 aromatic carbocycles. The number of benzene rings is 2. The molecule has 0 bridgehead atoms. The summed E-state index contributed by atoms with van der Waals surface area (Å²) in [7, 11) is 0. The van der Waals surface area contributed by atoms with E-state index in [1.165, 1.54) is 11.1 Å². The molecule has 0 aliphatic rings. The van der Waals surface area contributed by atoms with Gasteiger partial charge in [0.15, 0.2) is 0 Å². The van der Waals surface area contributed by atoms with E-state index >= 15 is 0 Å². The molecule has 2 aromatic rings. The van der Waals surface area contributed by atoms with E-state index in [-0.39, 0.29) is 5.41 Å². The molecule has 2 heteroatoms. The van der Waals surface area contributed by atoms with Gasteiger partial charge in [0.05, 0.1) is 0 Å². The Labute approximate surface area is 125 Å². The lowest BCUT2D eigenvalue weighted by Crippen LogP contribution is -2.30. The van der Waals surface area contributed by atoms with Gasteiger partial charge in [0.2, 0.25) is 0 Å². The van der Waals surface area contributed by atoms with Gasteiger partial charge in [-0.2, -0.15) is 0 Å². The van der Waals surface area contributed by atoms with Crippen molar-refractivity contribution in [3.63, 3.8) is 0 Å². The molecule has 100 valence electrons. The van der Waals surface area contributed by atoms with Gasteiger partial charge in [0.25, 0.3) is 0 Å². The molecule has 1 unspecified atom stereocenters. The van der Waals surface area contributed by atoms with Crippen LogP contribution in [0.2, 0.25) is 5.02 Å². The summed E-state index contributed by atoms with van der Waals surface area (Å²) >= 11 is 12.4. The Morgan fingerprint density at radius 2 is 1.74 bits per heavy atom. The smallest absolute Gasteiger partial charge is 0.0408 e. The summed E-state index contributed by atoms with van der Waals surface area (Å²) in [6.45, 7) is 2.19. The molecule has 0 radical (unpaired) electrons. The lowest BCUT2D eigenvalue weighted by atomic mass is 9.75. The number of rotatable bonds is 5. The van der Waals surface area contributed by atoms with Gasteiger partial charge in [0.1, 0.15) is 0 Å². The van der Waals surface area contributed by atoms with Crippen LogP contribution < -0.4 is 0 Å². The van der Waals surface area contributed by atoms with Crippen molar-refractivity contribution in [3.05, 3.63) is 70.7 Å². The second-order valence-corrected chi connectivity index (χ2v) is 5.64.